The van der Waals surface area contributed by atoms with Gasteiger partial charge in [0, 0.05) is 25.7 Å². The summed E-state index contributed by atoms with van der Waals surface area (Å²) in [6, 6.07) is 0. The van der Waals surface area contributed by atoms with Crippen molar-refractivity contribution in [1.82, 2.24) is 0 Å². The van der Waals surface area contributed by atoms with E-state index in [0.717, 1.165) is 102 Å². The van der Waals surface area contributed by atoms with Gasteiger partial charge in [-0.3, -0.25) is 37.3 Å². The van der Waals surface area contributed by atoms with Crippen molar-refractivity contribution in [3.05, 3.63) is 0 Å². The zero-order valence-electron chi connectivity index (χ0n) is 62.0. The minimum Gasteiger partial charge on any atom is -0.462 e. The molecular weight excluding hydrogens is 1250 g/mol. The average molecular weight is 1400 g/mol. The summed E-state index contributed by atoms with van der Waals surface area (Å²) in [6.07, 6.45) is 55.3. The summed E-state index contributed by atoms with van der Waals surface area (Å²) in [4.78, 5) is 72.9. The fourth-order valence-electron chi connectivity index (χ4n) is 11.7. The van der Waals surface area contributed by atoms with Crippen molar-refractivity contribution in [2.75, 3.05) is 39.6 Å². The lowest BCUT2D eigenvalue weighted by molar-refractivity contribution is -0.161. The van der Waals surface area contributed by atoms with Gasteiger partial charge in [-0.15, -0.1) is 0 Å². The number of phosphoric ester groups is 2. The third kappa shape index (κ3) is 70.3. The number of carbonyl (C=O) groups is 4. The molecule has 0 bridgehead atoms. The topological polar surface area (TPSA) is 237 Å². The number of esters is 4. The quantitative estimate of drug-likeness (QED) is 0.0222. The van der Waals surface area contributed by atoms with Crippen molar-refractivity contribution in [2.24, 2.45) is 11.8 Å². The van der Waals surface area contributed by atoms with Gasteiger partial charge in [0.2, 0.25) is 0 Å². The number of unbranched alkanes of at least 4 members (excludes halogenated alkanes) is 45. The largest absolute Gasteiger partial charge is 0.472 e. The Morgan fingerprint density at radius 1 is 0.284 bits per heavy atom. The molecule has 0 aliphatic carbocycles. The monoisotopic (exact) mass is 1400 g/mol. The Kier molecular flexibility index (Phi) is 66.5. The highest BCUT2D eigenvalue weighted by atomic mass is 31.2. The number of hydrogen-bond donors (Lipinski definition) is 3. The molecule has 0 aromatic rings. The molecular formula is C76H148O17P2. The lowest BCUT2D eigenvalue weighted by Crippen LogP contribution is -2.30. The maximum atomic E-state index is 13.1. The van der Waals surface area contributed by atoms with Crippen LogP contribution in [0.2, 0.25) is 0 Å². The highest BCUT2D eigenvalue weighted by Gasteiger charge is 2.30. The van der Waals surface area contributed by atoms with Crippen LogP contribution < -0.4 is 0 Å². The number of aliphatic hydroxyl groups is 1. The first-order valence-corrected chi connectivity index (χ1v) is 42.5. The predicted molar refractivity (Wildman–Crippen MR) is 386 cm³/mol. The Bertz CT molecular complexity index is 1840. The smallest absolute Gasteiger partial charge is 0.462 e. The second-order valence-electron chi connectivity index (χ2n) is 28.3. The first kappa shape index (κ1) is 93.1. The van der Waals surface area contributed by atoms with Gasteiger partial charge in [-0.2, -0.15) is 0 Å². The van der Waals surface area contributed by atoms with Crippen molar-refractivity contribution >= 4 is 39.5 Å². The van der Waals surface area contributed by atoms with Gasteiger partial charge in [0.25, 0.3) is 0 Å². The minimum absolute atomic E-state index is 0.106. The molecule has 2 unspecified atom stereocenters. The fourth-order valence-corrected chi connectivity index (χ4v) is 13.2. The normalized spacial score (nSPS) is 14.0. The summed E-state index contributed by atoms with van der Waals surface area (Å²) in [6.45, 7) is 9.61. The zero-order chi connectivity index (χ0) is 70.0. The van der Waals surface area contributed by atoms with Gasteiger partial charge in [0.15, 0.2) is 12.2 Å². The maximum Gasteiger partial charge on any atom is 0.472 e. The third-order valence-corrected chi connectivity index (χ3v) is 19.6. The van der Waals surface area contributed by atoms with E-state index in [4.69, 9.17) is 37.0 Å². The van der Waals surface area contributed by atoms with E-state index in [1.54, 1.807) is 0 Å². The van der Waals surface area contributed by atoms with E-state index in [1.807, 2.05) is 0 Å². The van der Waals surface area contributed by atoms with E-state index >= 15 is 0 Å². The van der Waals surface area contributed by atoms with E-state index in [2.05, 4.69) is 41.5 Å². The molecule has 19 heteroatoms. The van der Waals surface area contributed by atoms with Crippen molar-refractivity contribution in [3.8, 4) is 0 Å². The lowest BCUT2D eigenvalue weighted by Gasteiger charge is -2.21. The predicted octanol–water partition coefficient (Wildman–Crippen LogP) is 22.3. The van der Waals surface area contributed by atoms with Gasteiger partial charge in [-0.25, -0.2) is 9.13 Å². The minimum atomic E-state index is -4.96. The molecule has 0 spiro atoms. The number of carbonyl (C=O) groups excluding carboxylic acids is 4. The van der Waals surface area contributed by atoms with Gasteiger partial charge in [-0.05, 0) is 37.5 Å². The molecule has 0 amide bonds. The highest BCUT2D eigenvalue weighted by molar-refractivity contribution is 7.47. The van der Waals surface area contributed by atoms with Crippen LogP contribution in [0.5, 0.6) is 0 Å². The number of phosphoric acid groups is 2. The summed E-state index contributed by atoms with van der Waals surface area (Å²) >= 11 is 0. The summed E-state index contributed by atoms with van der Waals surface area (Å²) in [7, 11) is -9.91. The Morgan fingerprint density at radius 2 is 0.484 bits per heavy atom. The van der Waals surface area contributed by atoms with Crippen LogP contribution in [-0.4, -0.2) is 96.7 Å². The van der Waals surface area contributed by atoms with E-state index in [1.165, 1.54) is 212 Å². The number of rotatable bonds is 75. The molecule has 0 fully saturated rings. The fraction of sp³-hybridized carbons (Fsp3) is 0.947. The standard InChI is InChI=1S/C76H148O17P2/c1-7-9-11-13-15-17-19-21-23-28-35-41-47-53-59-74(79)87-64-71(92-75(80)60-54-48-42-36-29-25-24-26-32-38-44-50-56-68(3)4)66-90-94(82,83)88-62-70(77)63-89-95(84,85)91-67-72(93-76(81)61-55-49-43-37-31-30-33-39-45-51-57-69(5)6)65-86-73(78)58-52-46-40-34-27-22-20-18-16-14-12-10-8-2/h68-72,77H,7-67H2,1-6H3,(H,82,83)(H,84,85)/t70-,71-,72-/m1/s1. The molecule has 3 N–H and O–H groups in total. The maximum absolute atomic E-state index is 13.1. The molecule has 0 aromatic carbocycles. The van der Waals surface area contributed by atoms with Gasteiger partial charge >= 0.3 is 39.5 Å². The number of ether oxygens (including phenoxy) is 4. The summed E-state index contributed by atoms with van der Waals surface area (Å²) < 4.78 is 68.6. The van der Waals surface area contributed by atoms with Crippen LogP contribution in [0.15, 0.2) is 0 Å². The second kappa shape index (κ2) is 67.9. The van der Waals surface area contributed by atoms with E-state index in [0.29, 0.717) is 25.7 Å². The summed E-state index contributed by atoms with van der Waals surface area (Å²) in [5.74, 6) is -0.584. The lowest BCUT2D eigenvalue weighted by atomic mass is 10.0. The second-order valence-corrected chi connectivity index (χ2v) is 31.3. The van der Waals surface area contributed by atoms with Crippen LogP contribution in [0.3, 0.4) is 0 Å². The third-order valence-electron chi connectivity index (χ3n) is 17.7. The SMILES string of the molecule is CCCCCCCCCCCCCCCCC(=O)OC[C@H](COP(=O)(O)OC[C@@H](O)COP(=O)(O)OC[C@@H](COC(=O)CCCCCCCCCCCCCCC)OC(=O)CCCCCCCCCCCCC(C)C)OC(=O)CCCCCCCCCCCCCCC(C)C. The molecule has 0 aromatic heterocycles. The van der Waals surface area contributed by atoms with Crippen LogP contribution in [0.25, 0.3) is 0 Å². The summed E-state index contributed by atoms with van der Waals surface area (Å²) in [5, 5.41) is 10.6. The molecule has 0 aliphatic heterocycles. The Morgan fingerprint density at radius 3 is 0.716 bits per heavy atom. The highest BCUT2D eigenvalue weighted by Crippen LogP contribution is 2.45. The molecule has 0 rings (SSSR count). The zero-order valence-corrected chi connectivity index (χ0v) is 63.8. The average Bonchev–Trinajstić information content (AvgIpc) is 1.68. The molecule has 0 aliphatic rings. The van der Waals surface area contributed by atoms with Crippen LogP contribution in [-0.2, 0) is 65.4 Å². The molecule has 0 saturated heterocycles. The van der Waals surface area contributed by atoms with E-state index < -0.39 is 97.5 Å². The van der Waals surface area contributed by atoms with Crippen molar-refractivity contribution in [2.45, 2.75) is 413 Å². The van der Waals surface area contributed by atoms with Gasteiger partial charge in [0.1, 0.15) is 19.3 Å². The molecule has 17 nitrogen and oxygen atoms in total. The first-order valence-electron chi connectivity index (χ1n) is 39.5. The molecule has 95 heavy (non-hydrogen) atoms. The van der Waals surface area contributed by atoms with Crippen molar-refractivity contribution < 1.29 is 80.2 Å². The van der Waals surface area contributed by atoms with Gasteiger partial charge < -0.3 is 33.8 Å². The first-order chi connectivity index (χ1) is 45.9. The van der Waals surface area contributed by atoms with Crippen LogP contribution in [0, 0.1) is 11.8 Å². The van der Waals surface area contributed by atoms with E-state index in [9.17, 15) is 43.2 Å². The summed E-state index contributed by atoms with van der Waals surface area (Å²) in [5.41, 5.74) is 0. The van der Waals surface area contributed by atoms with Crippen LogP contribution >= 0.6 is 15.6 Å². The van der Waals surface area contributed by atoms with Crippen LogP contribution in [0.4, 0.5) is 0 Å². The number of aliphatic hydroxyl groups excluding tert-OH is 1. The van der Waals surface area contributed by atoms with Crippen LogP contribution in [0.1, 0.15) is 395 Å². The Hall–Kier alpha value is -1.94. The van der Waals surface area contributed by atoms with Gasteiger partial charge in [0.05, 0.1) is 26.4 Å². The molecule has 0 heterocycles. The molecule has 5 atom stereocenters. The Balaban J connectivity index is 5.27. The van der Waals surface area contributed by atoms with E-state index in [-0.39, 0.29) is 25.7 Å². The molecule has 0 radical (unpaired) electrons. The van der Waals surface area contributed by atoms with Crippen molar-refractivity contribution in [1.29, 1.82) is 0 Å². The number of hydrogen-bond acceptors (Lipinski definition) is 15. The Labute approximate surface area is 581 Å². The molecule has 564 valence electrons. The van der Waals surface area contributed by atoms with Gasteiger partial charge in [-0.1, -0.05) is 343 Å². The van der Waals surface area contributed by atoms with Crippen molar-refractivity contribution in [3.63, 3.8) is 0 Å². The molecule has 0 saturated carbocycles.